The van der Waals surface area contributed by atoms with Crippen molar-refractivity contribution in [2.75, 3.05) is 12.3 Å². The molecule has 19 heavy (non-hydrogen) atoms. The lowest BCUT2D eigenvalue weighted by molar-refractivity contribution is 0.150. The number of nitrogens with zero attached hydrogens (tertiary/aromatic N) is 1. The summed E-state index contributed by atoms with van der Waals surface area (Å²) in [6.07, 6.45) is 4.99. The first-order valence-electron chi connectivity index (χ1n) is 7.76. The van der Waals surface area contributed by atoms with Crippen molar-refractivity contribution in [3.8, 4) is 0 Å². The van der Waals surface area contributed by atoms with Gasteiger partial charge in [0.15, 0.2) is 0 Å². The predicted molar refractivity (Wildman–Crippen MR) is 83.1 cm³/mol. The highest BCUT2D eigenvalue weighted by atomic mass is 15.2. The molecule has 2 atom stereocenters. The molecule has 0 aromatic heterocycles. The zero-order valence-corrected chi connectivity index (χ0v) is 12.7. The fourth-order valence-corrected chi connectivity index (χ4v) is 3.14. The van der Waals surface area contributed by atoms with Gasteiger partial charge in [-0.1, -0.05) is 39.3 Å². The summed E-state index contributed by atoms with van der Waals surface area (Å²) < 4.78 is 0. The average molecular weight is 260 g/mol. The van der Waals surface area contributed by atoms with Crippen LogP contribution < -0.4 is 5.73 Å². The molecule has 0 saturated heterocycles. The van der Waals surface area contributed by atoms with Gasteiger partial charge < -0.3 is 5.73 Å². The third kappa shape index (κ3) is 3.30. The van der Waals surface area contributed by atoms with Gasteiger partial charge in [-0.2, -0.15) is 0 Å². The molecule has 0 amide bonds. The van der Waals surface area contributed by atoms with Crippen molar-refractivity contribution in [2.45, 2.75) is 59.0 Å². The second-order valence-corrected chi connectivity index (χ2v) is 6.02. The minimum absolute atomic E-state index is 0.711. The molecular weight excluding hydrogens is 232 g/mol. The van der Waals surface area contributed by atoms with Crippen molar-refractivity contribution in [1.29, 1.82) is 0 Å². The summed E-state index contributed by atoms with van der Waals surface area (Å²) in [6, 6.07) is 7.07. The third-order valence-electron chi connectivity index (χ3n) is 4.70. The number of nitrogen functional groups attached to an aromatic ring is 1. The van der Waals surface area contributed by atoms with Gasteiger partial charge in [-0.25, -0.2) is 0 Å². The first-order valence-corrected chi connectivity index (χ1v) is 7.76. The summed E-state index contributed by atoms with van der Waals surface area (Å²) in [7, 11) is 0. The predicted octanol–water partition coefficient (Wildman–Crippen LogP) is 3.84. The van der Waals surface area contributed by atoms with Gasteiger partial charge in [0, 0.05) is 24.8 Å². The van der Waals surface area contributed by atoms with Crippen molar-refractivity contribution in [1.82, 2.24) is 4.90 Å². The van der Waals surface area contributed by atoms with E-state index < -0.39 is 0 Å². The molecule has 1 aromatic carbocycles. The van der Waals surface area contributed by atoms with Crippen LogP contribution in [-0.4, -0.2) is 17.5 Å². The van der Waals surface area contributed by atoms with E-state index in [1.807, 2.05) is 6.07 Å². The lowest BCUT2D eigenvalue weighted by Crippen LogP contribution is -2.40. The second kappa shape index (κ2) is 6.42. The molecule has 2 rings (SSSR count). The monoisotopic (exact) mass is 260 g/mol. The number of fused-ring (bicyclic) bond motifs is 1. The quantitative estimate of drug-likeness (QED) is 0.815. The van der Waals surface area contributed by atoms with E-state index in [0.29, 0.717) is 6.04 Å². The summed E-state index contributed by atoms with van der Waals surface area (Å²) in [5.41, 5.74) is 9.94. The largest absolute Gasteiger partial charge is 0.398 e. The molecule has 0 radical (unpaired) electrons. The molecule has 1 aromatic rings. The number of anilines is 1. The van der Waals surface area contributed by atoms with Crippen molar-refractivity contribution in [3.63, 3.8) is 0 Å². The van der Waals surface area contributed by atoms with Crippen LogP contribution in [0.1, 0.15) is 51.2 Å². The highest BCUT2D eigenvalue weighted by Crippen LogP contribution is 2.28. The maximum atomic E-state index is 6.15. The summed E-state index contributed by atoms with van der Waals surface area (Å²) in [5, 5.41) is 0. The lowest BCUT2D eigenvalue weighted by Gasteiger charge is -2.36. The van der Waals surface area contributed by atoms with E-state index in [-0.39, 0.29) is 0 Å². The maximum absolute atomic E-state index is 6.15. The Kier molecular flexibility index (Phi) is 4.87. The van der Waals surface area contributed by atoms with Gasteiger partial charge in [-0.15, -0.1) is 0 Å². The molecular formula is C17H28N2. The van der Waals surface area contributed by atoms with Gasteiger partial charge >= 0.3 is 0 Å². The van der Waals surface area contributed by atoms with Crippen LogP contribution in [0.4, 0.5) is 5.69 Å². The Morgan fingerprint density at radius 3 is 2.74 bits per heavy atom. The number of rotatable bonds is 5. The molecule has 2 N–H and O–H groups in total. The van der Waals surface area contributed by atoms with E-state index in [1.54, 1.807) is 0 Å². The van der Waals surface area contributed by atoms with Crippen LogP contribution in [0.15, 0.2) is 18.2 Å². The van der Waals surface area contributed by atoms with Crippen molar-refractivity contribution >= 4 is 5.69 Å². The number of nitrogens with two attached hydrogens (primary N) is 1. The van der Waals surface area contributed by atoms with E-state index in [0.717, 1.165) is 24.6 Å². The topological polar surface area (TPSA) is 29.3 Å². The summed E-state index contributed by atoms with van der Waals surface area (Å²) in [4.78, 5) is 2.64. The van der Waals surface area contributed by atoms with Gasteiger partial charge in [0.05, 0.1) is 0 Å². The Bertz CT molecular complexity index is 414. The molecule has 0 spiro atoms. The molecule has 2 heteroatoms. The molecule has 106 valence electrons. The van der Waals surface area contributed by atoms with Gasteiger partial charge in [-0.05, 0) is 42.4 Å². The van der Waals surface area contributed by atoms with Crippen LogP contribution in [0.25, 0.3) is 0 Å². The summed E-state index contributed by atoms with van der Waals surface area (Å²) >= 11 is 0. The second-order valence-electron chi connectivity index (χ2n) is 6.02. The standard InChI is InChI=1S/C17H28N2/c1-4-13(3)11-15(5-2)19-10-9-14-7-6-8-17(18)16(14)12-19/h6-8,13,15H,4-5,9-12,18H2,1-3H3. The van der Waals surface area contributed by atoms with E-state index in [4.69, 9.17) is 5.73 Å². The van der Waals surface area contributed by atoms with Crippen molar-refractivity contribution in [2.24, 2.45) is 5.92 Å². The molecule has 0 aliphatic carbocycles. The molecule has 1 aliphatic rings. The number of benzene rings is 1. The van der Waals surface area contributed by atoms with Crippen molar-refractivity contribution in [3.05, 3.63) is 29.3 Å². The Labute approximate surface area is 118 Å². The average Bonchev–Trinajstić information content (AvgIpc) is 2.44. The van der Waals surface area contributed by atoms with Gasteiger partial charge in [0.1, 0.15) is 0 Å². The van der Waals surface area contributed by atoms with Crippen molar-refractivity contribution < 1.29 is 0 Å². The third-order valence-corrected chi connectivity index (χ3v) is 4.70. The molecule has 2 unspecified atom stereocenters. The van der Waals surface area contributed by atoms with Crippen LogP contribution in [-0.2, 0) is 13.0 Å². The minimum atomic E-state index is 0.711. The van der Waals surface area contributed by atoms with E-state index in [2.05, 4.69) is 37.8 Å². The fraction of sp³-hybridized carbons (Fsp3) is 0.647. The molecule has 0 fully saturated rings. The summed E-state index contributed by atoms with van der Waals surface area (Å²) in [5.74, 6) is 0.819. The minimum Gasteiger partial charge on any atom is -0.398 e. The molecule has 1 aliphatic heterocycles. The van der Waals surface area contributed by atoms with E-state index in [9.17, 15) is 0 Å². The van der Waals surface area contributed by atoms with Crippen LogP contribution in [0.2, 0.25) is 0 Å². The van der Waals surface area contributed by atoms with E-state index in [1.165, 1.54) is 36.9 Å². The maximum Gasteiger partial charge on any atom is 0.0362 e. The molecule has 0 bridgehead atoms. The van der Waals surface area contributed by atoms with Crippen LogP contribution >= 0.6 is 0 Å². The fourth-order valence-electron chi connectivity index (χ4n) is 3.14. The van der Waals surface area contributed by atoms with Gasteiger partial charge in [0.2, 0.25) is 0 Å². The van der Waals surface area contributed by atoms with E-state index >= 15 is 0 Å². The highest BCUT2D eigenvalue weighted by molar-refractivity contribution is 5.51. The molecule has 2 nitrogen and oxygen atoms in total. The lowest BCUT2D eigenvalue weighted by atomic mass is 9.92. The highest BCUT2D eigenvalue weighted by Gasteiger charge is 2.24. The smallest absolute Gasteiger partial charge is 0.0362 e. The summed E-state index contributed by atoms with van der Waals surface area (Å²) in [6.45, 7) is 9.20. The first-order chi connectivity index (χ1) is 9.15. The van der Waals surface area contributed by atoms with Crippen LogP contribution in [0.3, 0.4) is 0 Å². The Morgan fingerprint density at radius 1 is 1.26 bits per heavy atom. The molecule has 1 heterocycles. The molecule has 0 saturated carbocycles. The van der Waals surface area contributed by atoms with Crippen LogP contribution in [0.5, 0.6) is 0 Å². The van der Waals surface area contributed by atoms with Gasteiger partial charge in [0.25, 0.3) is 0 Å². The van der Waals surface area contributed by atoms with Crippen LogP contribution in [0, 0.1) is 5.92 Å². The SMILES string of the molecule is CCC(C)CC(CC)N1CCc2cccc(N)c2C1. The van der Waals surface area contributed by atoms with Gasteiger partial charge in [-0.3, -0.25) is 4.90 Å². The Balaban J connectivity index is 2.09. The number of hydrogen-bond acceptors (Lipinski definition) is 2. The number of hydrogen-bond donors (Lipinski definition) is 1. The zero-order chi connectivity index (χ0) is 13.8. The zero-order valence-electron chi connectivity index (χ0n) is 12.7. The Hall–Kier alpha value is -1.02. The first kappa shape index (κ1) is 14.4. The Morgan fingerprint density at radius 2 is 2.05 bits per heavy atom. The normalized spacial score (nSPS) is 18.9.